The Morgan fingerprint density at radius 2 is 1.80 bits per heavy atom. The molecule has 8 nitrogen and oxygen atoms in total. The van der Waals surface area contributed by atoms with Gasteiger partial charge in [0, 0.05) is 6.07 Å². The Balaban J connectivity index is 2.01. The molecule has 1 heterocycles. The molecule has 0 saturated heterocycles. The number of rotatable bonds is 9. The lowest BCUT2D eigenvalue weighted by Crippen LogP contribution is -2.45. The summed E-state index contributed by atoms with van der Waals surface area (Å²) in [7, 11) is -2.31. The molecule has 11 heteroatoms. The minimum Gasteiger partial charge on any atom is -0.481 e. The number of hydrogen-bond donors (Lipinski definition) is 1. The Bertz CT molecular complexity index is 1150. The number of carbonyl (C=O) groups is 1. The summed E-state index contributed by atoms with van der Waals surface area (Å²) >= 11 is 0. The maximum Gasteiger partial charge on any atom is 0.388 e. The highest BCUT2D eigenvalue weighted by atomic mass is 32.2. The number of amides is 1. The van der Waals surface area contributed by atoms with E-state index in [1.165, 1.54) is 19.2 Å². The minimum atomic E-state index is -3.65. The zero-order valence-electron chi connectivity index (χ0n) is 20.1. The maximum absolute atomic E-state index is 13.9. The first-order valence-electron chi connectivity index (χ1n) is 11.2. The fourth-order valence-corrected chi connectivity index (χ4v) is 5.22. The molecule has 1 aromatic carbocycles. The molecule has 0 aliphatic heterocycles. The monoisotopic (exact) mass is 512 g/mol. The fourth-order valence-electron chi connectivity index (χ4n) is 4.53. The zero-order chi connectivity index (χ0) is 25.8. The van der Waals surface area contributed by atoms with Crippen LogP contribution in [-0.2, 0) is 24.5 Å². The first-order valence-corrected chi connectivity index (χ1v) is 13.1. The summed E-state index contributed by atoms with van der Waals surface area (Å²) in [6.45, 7) is 0.889. The number of aromatic nitrogens is 1. The van der Waals surface area contributed by atoms with Crippen molar-refractivity contribution < 1.29 is 35.6 Å². The number of nitrogens with zero attached hydrogens (tertiary/aromatic N) is 1. The third-order valence-electron chi connectivity index (χ3n) is 6.12. The van der Waals surface area contributed by atoms with Gasteiger partial charge in [-0.3, -0.25) is 8.98 Å². The third kappa shape index (κ3) is 6.46. The van der Waals surface area contributed by atoms with Crippen molar-refractivity contribution in [2.45, 2.75) is 63.6 Å². The van der Waals surface area contributed by atoms with E-state index in [0.717, 1.165) is 17.4 Å². The Kier molecular flexibility index (Phi) is 8.32. The summed E-state index contributed by atoms with van der Waals surface area (Å²) < 4.78 is 64.0. The molecule has 192 valence electrons. The predicted octanol–water partition coefficient (Wildman–Crippen LogP) is 4.61. The van der Waals surface area contributed by atoms with Crippen LogP contribution in [0.15, 0.2) is 36.4 Å². The largest absolute Gasteiger partial charge is 0.481 e. The molecule has 0 bridgehead atoms. The van der Waals surface area contributed by atoms with Crippen LogP contribution in [0.3, 0.4) is 0 Å². The third-order valence-corrected chi connectivity index (χ3v) is 6.74. The highest BCUT2D eigenvalue weighted by molar-refractivity contribution is 7.86. The summed E-state index contributed by atoms with van der Waals surface area (Å²) in [6, 6.07) is 10.4. The van der Waals surface area contributed by atoms with Crippen LogP contribution >= 0.6 is 0 Å². The summed E-state index contributed by atoms with van der Waals surface area (Å²) in [4.78, 5) is 17.8. The van der Waals surface area contributed by atoms with Crippen LogP contribution in [0.1, 0.15) is 56.6 Å². The lowest BCUT2D eigenvalue weighted by atomic mass is 9.66. The molecule has 1 fully saturated rings. The van der Waals surface area contributed by atoms with E-state index in [1.54, 1.807) is 0 Å². The zero-order valence-corrected chi connectivity index (χ0v) is 20.9. The molecule has 0 radical (unpaired) electrons. The minimum absolute atomic E-state index is 0.0213. The molecule has 1 saturated carbocycles. The smallest absolute Gasteiger partial charge is 0.388 e. The summed E-state index contributed by atoms with van der Waals surface area (Å²) in [5, 5.41) is 2.73. The van der Waals surface area contributed by atoms with Gasteiger partial charge >= 0.3 is 6.61 Å². The molecule has 0 spiro atoms. The molecule has 1 aliphatic rings. The molecular formula is C24H30F2N2O6S. The average Bonchev–Trinajstić information content (AvgIpc) is 2.79. The van der Waals surface area contributed by atoms with Gasteiger partial charge in [-0.15, -0.1) is 0 Å². The van der Waals surface area contributed by atoms with Crippen LogP contribution in [0.5, 0.6) is 11.8 Å². The lowest BCUT2D eigenvalue weighted by molar-refractivity contribution is -0.123. The van der Waals surface area contributed by atoms with Gasteiger partial charge in [0.1, 0.15) is 5.69 Å². The van der Waals surface area contributed by atoms with Gasteiger partial charge in [0.25, 0.3) is 10.1 Å². The van der Waals surface area contributed by atoms with Crippen molar-refractivity contribution >= 4 is 21.7 Å². The highest BCUT2D eigenvalue weighted by Gasteiger charge is 2.45. The molecule has 35 heavy (non-hydrogen) atoms. The second-order valence-corrected chi connectivity index (χ2v) is 10.5. The van der Waals surface area contributed by atoms with Crippen LogP contribution in [0.4, 0.5) is 14.5 Å². The Morgan fingerprint density at radius 1 is 1.14 bits per heavy atom. The van der Waals surface area contributed by atoms with E-state index in [1.807, 2.05) is 38.1 Å². The quantitative estimate of drug-likeness (QED) is 0.489. The van der Waals surface area contributed by atoms with Gasteiger partial charge in [-0.2, -0.15) is 22.2 Å². The predicted molar refractivity (Wildman–Crippen MR) is 126 cm³/mol. The number of benzene rings is 1. The summed E-state index contributed by atoms with van der Waals surface area (Å²) in [5.74, 6) is -0.721. The van der Waals surface area contributed by atoms with E-state index in [0.29, 0.717) is 25.7 Å². The molecule has 3 rings (SSSR count). The average molecular weight is 513 g/mol. The van der Waals surface area contributed by atoms with E-state index < -0.39 is 40.0 Å². The van der Waals surface area contributed by atoms with E-state index >= 15 is 0 Å². The van der Waals surface area contributed by atoms with Crippen molar-refractivity contribution in [3.05, 3.63) is 47.5 Å². The van der Waals surface area contributed by atoms with E-state index in [-0.39, 0.29) is 17.5 Å². The molecule has 1 amide bonds. The fraction of sp³-hybridized carbons (Fsp3) is 0.500. The number of carbonyl (C=O) groups excluding carboxylic acids is 1. The van der Waals surface area contributed by atoms with Gasteiger partial charge < -0.3 is 14.8 Å². The molecule has 1 aromatic heterocycles. The molecular weight excluding hydrogens is 482 g/mol. The highest BCUT2D eigenvalue weighted by Crippen LogP contribution is 2.44. The molecule has 0 unspecified atom stereocenters. The summed E-state index contributed by atoms with van der Waals surface area (Å²) in [5.41, 5.74) is 0.720. The van der Waals surface area contributed by atoms with E-state index in [4.69, 9.17) is 8.92 Å². The molecule has 1 aliphatic carbocycles. The number of methoxy groups -OCH3 is 1. The first kappa shape index (κ1) is 26.8. The van der Waals surface area contributed by atoms with Gasteiger partial charge in [0.05, 0.1) is 24.9 Å². The SMILES string of the molecule is COc1ccc(NC(=O)C2(c3ccccc3C(C)C)CCC(OS(C)(=O)=O)CC2)c(OC(F)F)n1. The second kappa shape index (κ2) is 10.9. The van der Waals surface area contributed by atoms with Crippen molar-refractivity contribution in [3.63, 3.8) is 0 Å². The first-order chi connectivity index (χ1) is 16.4. The van der Waals surface area contributed by atoms with E-state index in [2.05, 4.69) is 15.0 Å². The second-order valence-electron chi connectivity index (χ2n) is 8.86. The van der Waals surface area contributed by atoms with Gasteiger partial charge in [-0.1, -0.05) is 38.1 Å². The van der Waals surface area contributed by atoms with Crippen LogP contribution in [0.2, 0.25) is 0 Å². The maximum atomic E-state index is 13.9. The van der Waals surface area contributed by atoms with Crippen molar-refractivity contribution in [2.24, 2.45) is 0 Å². The number of hydrogen-bond acceptors (Lipinski definition) is 7. The van der Waals surface area contributed by atoms with Crippen LogP contribution in [-0.4, -0.2) is 45.4 Å². The standard InChI is InChI=1S/C24H30F2N2O6S/c1-15(2)17-7-5-6-8-18(17)24(13-11-16(12-14-24)34-35(4,30)31)22(29)27-19-9-10-20(32-3)28-21(19)33-23(25)26/h5-10,15-16,23H,11-14H2,1-4H3,(H,27,29). The molecule has 1 N–H and O–H groups in total. The van der Waals surface area contributed by atoms with Gasteiger partial charge in [-0.05, 0) is 48.8 Å². The van der Waals surface area contributed by atoms with Gasteiger partial charge in [-0.25, -0.2) is 0 Å². The van der Waals surface area contributed by atoms with Crippen molar-refractivity contribution in [3.8, 4) is 11.8 Å². The molecule has 0 atom stereocenters. The Hall–Kier alpha value is -2.79. The Morgan fingerprint density at radius 3 is 2.37 bits per heavy atom. The topological polar surface area (TPSA) is 104 Å². The van der Waals surface area contributed by atoms with Crippen LogP contribution < -0.4 is 14.8 Å². The van der Waals surface area contributed by atoms with Crippen LogP contribution in [0, 0.1) is 0 Å². The number of alkyl halides is 2. The van der Waals surface area contributed by atoms with Crippen molar-refractivity contribution in [1.29, 1.82) is 0 Å². The molecule has 2 aromatic rings. The van der Waals surface area contributed by atoms with Crippen LogP contribution in [0.25, 0.3) is 0 Å². The number of ether oxygens (including phenoxy) is 2. The van der Waals surface area contributed by atoms with Crippen molar-refractivity contribution in [2.75, 3.05) is 18.7 Å². The normalized spacial score (nSPS) is 20.6. The lowest BCUT2D eigenvalue weighted by Gasteiger charge is -2.40. The number of nitrogens with one attached hydrogen (secondary N) is 1. The number of anilines is 1. The number of halogens is 2. The summed E-state index contributed by atoms with van der Waals surface area (Å²) in [6.07, 6.45) is 1.71. The number of pyridine rings is 1. The van der Waals surface area contributed by atoms with E-state index in [9.17, 15) is 22.0 Å². The van der Waals surface area contributed by atoms with Gasteiger partial charge in [0.2, 0.25) is 17.7 Å². The van der Waals surface area contributed by atoms with Gasteiger partial charge in [0.15, 0.2) is 0 Å². The van der Waals surface area contributed by atoms with Crippen molar-refractivity contribution in [1.82, 2.24) is 4.98 Å². The Labute approximate surface area is 204 Å².